The van der Waals surface area contributed by atoms with Crippen LogP contribution in [0.2, 0.25) is 15.1 Å². The smallest absolute Gasteiger partial charge is 0.340 e. The van der Waals surface area contributed by atoms with Crippen LogP contribution in [-0.4, -0.2) is 37.8 Å². The molecule has 1 atom stereocenters. The Kier molecular flexibility index (Phi) is 8.79. The number of rotatable bonds is 8. The van der Waals surface area contributed by atoms with Crippen LogP contribution in [0.5, 0.6) is 0 Å². The molecule has 0 saturated heterocycles. The lowest BCUT2D eigenvalue weighted by atomic mass is 10.2. The van der Waals surface area contributed by atoms with Crippen LogP contribution in [-0.2, 0) is 26.1 Å². The van der Waals surface area contributed by atoms with Crippen molar-refractivity contribution in [3.8, 4) is 0 Å². The third-order valence-electron chi connectivity index (χ3n) is 4.96. The largest absolute Gasteiger partial charge is 0.449 e. The molecule has 3 rings (SSSR count). The lowest BCUT2D eigenvalue weighted by Crippen LogP contribution is -2.30. The van der Waals surface area contributed by atoms with Gasteiger partial charge in [-0.15, -0.1) is 0 Å². The summed E-state index contributed by atoms with van der Waals surface area (Å²) in [5, 5.41) is 3.13. The summed E-state index contributed by atoms with van der Waals surface area (Å²) in [4.78, 5) is 25.1. The molecule has 7 nitrogen and oxygen atoms in total. The van der Waals surface area contributed by atoms with Gasteiger partial charge in [-0.2, -0.15) is 4.31 Å². The van der Waals surface area contributed by atoms with Crippen molar-refractivity contribution < 1.29 is 22.7 Å². The van der Waals surface area contributed by atoms with E-state index in [2.05, 4.69) is 5.32 Å². The number of anilines is 1. The number of hydrogen-bond donors (Lipinski definition) is 1. The highest BCUT2D eigenvalue weighted by atomic mass is 35.5. The fraction of sp³-hybridized carbons (Fsp3) is 0.167. The van der Waals surface area contributed by atoms with Crippen molar-refractivity contribution in [2.24, 2.45) is 0 Å². The Labute approximate surface area is 218 Å². The van der Waals surface area contributed by atoms with E-state index in [9.17, 15) is 18.0 Å². The SMILES string of the molecule is C[C@H](OC(=O)c1cc(S(=O)(=O)N(C)Cc2ccccc2)ccc1Cl)C(=O)Nc1ccc(Cl)cc1Cl. The average molecular weight is 556 g/mol. The first kappa shape index (κ1) is 27.0. The molecule has 11 heteroatoms. The number of carbonyl (C=O) groups excluding carboxylic acids is 2. The minimum atomic E-state index is -3.94. The molecule has 0 aliphatic rings. The fourth-order valence-electron chi connectivity index (χ4n) is 3.03. The molecule has 184 valence electrons. The van der Waals surface area contributed by atoms with Gasteiger partial charge in [0.1, 0.15) is 0 Å². The number of halogens is 3. The molecule has 35 heavy (non-hydrogen) atoms. The molecule has 3 aromatic carbocycles. The molecular formula is C24H21Cl3N2O5S. The molecule has 1 N–H and O–H groups in total. The number of nitrogens with zero attached hydrogens (tertiary/aromatic N) is 1. The Hall–Kier alpha value is -2.62. The van der Waals surface area contributed by atoms with Crippen LogP contribution in [0.1, 0.15) is 22.8 Å². The molecule has 0 radical (unpaired) electrons. The van der Waals surface area contributed by atoms with Gasteiger partial charge in [-0.25, -0.2) is 13.2 Å². The Morgan fingerprint density at radius 1 is 0.971 bits per heavy atom. The Morgan fingerprint density at radius 3 is 2.31 bits per heavy atom. The molecular weight excluding hydrogens is 535 g/mol. The summed E-state index contributed by atoms with van der Waals surface area (Å²) < 4.78 is 32.5. The van der Waals surface area contributed by atoms with Crippen LogP contribution in [0.3, 0.4) is 0 Å². The highest BCUT2D eigenvalue weighted by Gasteiger charge is 2.26. The van der Waals surface area contributed by atoms with E-state index in [0.717, 1.165) is 15.9 Å². The zero-order valence-corrected chi connectivity index (χ0v) is 21.8. The number of benzene rings is 3. The third kappa shape index (κ3) is 6.74. The summed E-state index contributed by atoms with van der Waals surface area (Å²) in [5.74, 6) is -1.60. The summed E-state index contributed by atoms with van der Waals surface area (Å²) in [5.41, 5.74) is 0.898. The number of ether oxygens (including phenoxy) is 1. The van der Waals surface area contributed by atoms with E-state index in [1.807, 2.05) is 18.2 Å². The van der Waals surface area contributed by atoms with Gasteiger partial charge in [0.2, 0.25) is 10.0 Å². The van der Waals surface area contributed by atoms with E-state index >= 15 is 0 Å². The van der Waals surface area contributed by atoms with Gasteiger partial charge in [0.25, 0.3) is 5.91 Å². The first-order chi connectivity index (χ1) is 16.5. The number of hydrogen-bond acceptors (Lipinski definition) is 5. The van der Waals surface area contributed by atoms with Gasteiger partial charge in [0, 0.05) is 18.6 Å². The van der Waals surface area contributed by atoms with Crippen molar-refractivity contribution >= 4 is 62.4 Å². The summed E-state index contributed by atoms with van der Waals surface area (Å²) >= 11 is 18.0. The van der Waals surface area contributed by atoms with E-state index in [0.29, 0.717) is 5.02 Å². The Bertz CT molecular complexity index is 1350. The van der Waals surface area contributed by atoms with Gasteiger partial charge in [0.05, 0.1) is 26.2 Å². The van der Waals surface area contributed by atoms with Gasteiger partial charge in [-0.05, 0) is 48.9 Å². The van der Waals surface area contributed by atoms with Gasteiger partial charge in [0.15, 0.2) is 6.10 Å². The van der Waals surface area contributed by atoms with Crippen LogP contribution in [0.15, 0.2) is 71.6 Å². The maximum absolute atomic E-state index is 13.1. The van der Waals surface area contributed by atoms with Crippen LogP contribution in [0.25, 0.3) is 0 Å². The van der Waals surface area contributed by atoms with Crippen molar-refractivity contribution in [1.29, 1.82) is 0 Å². The highest BCUT2D eigenvalue weighted by Crippen LogP contribution is 2.27. The van der Waals surface area contributed by atoms with Gasteiger partial charge in [-0.3, -0.25) is 4.79 Å². The summed E-state index contributed by atoms with van der Waals surface area (Å²) in [6, 6.07) is 17.3. The second-order valence-corrected chi connectivity index (χ2v) is 10.8. The number of esters is 1. The minimum absolute atomic E-state index is 0.0204. The predicted octanol–water partition coefficient (Wildman–Crippen LogP) is 5.65. The normalized spacial score (nSPS) is 12.3. The molecule has 0 bridgehead atoms. The maximum Gasteiger partial charge on any atom is 0.340 e. The molecule has 0 aromatic heterocycles. The average Bonchev–Trinajstić information content (AvgIpc) is 2.81. The maximum atomic E-state index is 13.1. The highest BCUT2D eigenvalue weighted by molar-refractivity contribution is 7.89. The van der Waals surface area contributed by atoms with Crippen LogP contribution < -0.4 is 5.32 Å². The van der Waals surface area contributed by atoms with Crippen LogP contribution in [0.4, 0.5) is 5.69 Å². The molecule has 0 saturated carbocycles. The number of amides is 1. The molecule has 0 unspecified atom stereocenters. The van der Waals surface area contributed by atoms with Crippen molar-refractivity contribution in [2.75, 3.05) is 12.4 Å². The Balaban J connectivity index is 1.74. The monoisotopic (exact) mass is 554 g/mol. The summed E-state index contributed by atoms with van der Waals surface area (Å²) in [6.45, 7) is 1.50. The fourth-order valence-corrected chi connectivity index (χ4v) is 4.87. The predicted molar refractivity (Wildman–Crippen MR) is 137 cm³/mol. The van der Waals surface area contributed by atoms with Crippen molar-refractivity contribution in [3.63, 3.8) is 0 Å². The van der Waals surface area contributed by atoms with E-state index < -0.39 is 28.0 Å². The van der Waals surface area contributed by atoms with E-state index in [1.165, 1.54) is 38.2 Å². The van der Waals surface area contributed by atoms with Crippen LogP contribution in [0, 0.1) is 0 Å². The number of nitrogens with one attached hydrogen (secondary N) is 1. The first-order valence-electron chi connectivity index (χ1n) is 10.3. The molecule has 1 amide bonds. The topological polar surface area (TPSA) is 92.8 Å². The quantitative estimate of drug-likeness (QED) is 0.363. The van der Waals surface area contributed by atoms with Gasteiger partial charge < -0.3 is 10.1 Å². The molecule has 0 fully saturated rings. The minimum Gasteiger partial charge on any atom is -0.449 e. The lowest BCUT2D eigenvalue weighted by molar-refractivity contribution is -0.123. The molecule has 0 heterocycles. The molecule has 0 spiro atoms. The van der Waals surface area contributed by atoms with E-state index in [4.69, 9.17) is 39.5 Å². The molecule has 3 aromatic rings. The van der Waals surface area contributed by atoms with E-state index in [1.54, 1.807) is 18.2 Å². The van der Waals surface area contributed by atoms with Crippen molar-refractivity contribution in [1.82, 2.24) is 4.31 Å². The lowest BCUT2D eigenvalue weighted by Gasteiger charge is -2.18. The standard InChI is InChI=1S/C24H21Cl3N2O5S/c1-15(23(30)28-22-11-8-17(25)12-21(22)27)34-24(31)19-13-18(9-10-20(19)26)35(32,33)29(2)14-16-6-4-3-5-7-16/h3-13,15H,14H2,1-2H3,(H,28,30)/t15-/m0/s1. The first-order valence-corrected chi connectivity index (χ1v) is 12.8. The zero-order valence-electron chi connectivity index (χ0n) is 18.7. The summed E-state index contributed by atoms with van der Waals surface area (Å²) in [6.07, 6.45) is -1.23. The van der Waals surface area contributed by atoms with Crippen molar-refractivity contribution in [3.05, 3.63) is 92.9 Å². The Morgan fingerprint density at radius 2 is 1.66 bits per heavy atom. The zero-order chi connectivity index (χ0) is 25.8. The summed E-state index contributed by atoms with van der Waals surface area (Å²) in [7, 11) is -2.51. The second kappa shape index (κ2) is 11.4. The van der Waals surface area contributed by atoms with Crippen molar-refractivity contribution in [2.45, 2.75) is 24.5 Å². The number of carbonyl (C=O) groups is 2. The molecule has 0 aliphatic heterocycles. The van der Waals surface area contributed by atoms with Gasteiger partial charge in [-0.1, -0.05) is 65.1 Å². The van der Waals surface area contributed by atoms with E-state index in [-0.39, 0.29) is 32.7 Å². The van der Waals surface area contributed by atoms with Crippen LogP contribution >= 0.6 is 34.8 Å². The third-order valence-corrected chi connectivity index (χ3v) is 7.63. The second-order valence-electron chi connectivity index (χ2n) is 7.55. The number of sulfonamides is 1. The molecule has 0 aliphatic carbocycles. The van der Waals surface area contributed by atoms with Gasteiger partial charge >= 0.3 is 5.97 Å².